The monoisotopic (exact) mass is 350 g/mol. The van der Waals surface area contributed by atoms with Crippen molar-refractivity contribution in [2.24, 2.45) is 0 Å². The Kier molecular flexibility index (Phi) is 6.16. The van der Waals surface area contributed by atoms with Crippen molar-refractivity contribution in [1.82, 2.24) is 10.6 Å². The van der Waals surface area contributed by atoms with Crippen LogP contribution in [0.1, 0.15) is 28.4 Å². The molecule has 2 rings (SSSR count). The highest BCUT2D eigenvalue weighted by Gasteiger charge is 2.28. The molecular formula is C18H17F3N2O2. The average molecular weight is 350 g/mol. The highest BCUT2D eigenvalue weighted by atomic mass is 19.4. The van der Waals surface area contributed by atoms with Gasteiger partial charge in [0.1, 0.15) is 6.54 Å². The summed E-state index contributed by atoms with van der Waals surface area (Å²) in [6.45, 7) is -1.40. The Morgan fingerprint density at radius 2 is 1.48 bits per heavy atom. The Balaban J connectivity index is 2.09. The van der Waals surface area contributed by atoms with Gasteiger partial charge >= 0.3 is 6.18 Å². The van der Waals surface area contributed by atoms with E-state index in [1.807, 2.05) is 5.32 Å². The van der Waals surface area contributed by atoms with Gasteiger partial charge < -0.3 is 10.6 Å². The van der Waals surface area contributed by atoms with E-state index in [-0.39, 0.29) is 6.42 Å². The average Bonchev–Trinajstić information content (AvgIpc) is 2.60. The van der Waals surface area contributed by atoms with Crippen molar-refractivity contribution < 1.29 is 22.8 Å². The molecule has 0 spiro atoms. The summed E-state index contributed by atoms with van der Waals surface area (Å²) in [4.78, 5) is 24.1. The third-order valence-corrected chi connectivity index (χ3v) is 3.42. The molecular weight excluding hydrogens is 333 g/mol. The maximum absolute atomic E-state index is 12.3. The Morgan fingerprint density at radius 1 is 0.920 bits per heavy atom. The topological polar surface area (TPSA) is 58.2 Å². The van der Waals surface area contributed by atoms with Crippen molar-refractivity contribution in [3.63, 3.8) is 0 Å². The second kappa shape index (κ2) is 8.32. The maximum Gasteiger partial charge on any atom is 0.405 e. The molecule has 0 bridgehead atoms. The normalized spacial score (nSPS) is 12.3. The second-order valence-electron chi connectivity index (χ2n) is 5.40. The minimum absolute atomic E-state index is 0.293. The van der Waals surface area contributed by atoms with Crippen molar-refractivity contribution in [2.75, 3.05) is 6.54 Å². The number of hydrogen-bond acceptors (Lipinski definition) is 2. The molecule has 25 heavy (non-hydrogen) atoms. The van der Waals surface area contributed by atoms with Crippen LogP contribution < -0.4 is 10.6 Å². The summed E-state index contributed by atoms with van der Waals surface area (Å²) in [7, 11) is 0. The summed E-state index contributed by atoms with van der Waals surface area (Å²) < 4.78 is 36.7. The summed E-state index contributed by atoms with van der Waals surface area (Å²) in [5.74, 6) is -1.20. The Hall–Kier alpha value is -2.83. The van der Waals surface area contributed by atoms with Crippen LogP contribution in [0.25, 0.3) is 0 Å². The van der Waals surface area contributed by atoms with E-state index in [4.69, 9.17) is 0 Å². The predicted molar refractivity (Wildman–Crippen MR) is 86.8 cm³/mol. The largest absolute Gasteiger partial charge is 0.405 e. The minimum Gasteiger partial charge on any atom is -0.347 e. The van der Waals surface area contributed by atoms with Crippen LogP contribution in [-0.4, -0.2) is 24.5 Å². The van der Waals surface area contributed by atoms with E-state index in [2.05, 4.69) is 5.32 Å². The van der Waals surface area contributed by atoms with E-state index in [0.29, 0.717) is 11.1 Å². The fourth-order valence-corrected chi connectivity index (χ4v) is 2.23. The molecule has 2 aromatic rings. The van der Waals surface area contributed by atoms with Gasteiger partial charge in [-0.25, -0.2) is 0 Å². The number of alkyl halides is 3. The second-order valence-corrected chi connectivity index (χ2v) is 5.40. The highest BCUT2D eigenvalue weighted by Crippen LogP contribution is 2.18. The van der Waals surface area contributed by atoms with Crippen molar-refractivity contribution in [3.8, 4) is 0 Å². The van der Waals surface area contributed by atoms with Crippen LogP contribution in [0.4, 0.5) is 13.2 Å². The molecule has 0 fully saturated rings. The fraction of sp³-hybridized carbons (Fsp3) is 0.222. The van der Waals surface area contributed by atoms with Crippen LogP contribution in [-0.2, 0) is 4.79 Å². The first-order valence-corrected chi connectivity index (χ1v) is 7.59. The lowest BCUT2D eigenvalue weighted by Gasteiger charge is -2.19. The first kappa shape index (κ1) is 18.5. The van der Waals surface area contributed by atoms with E-state index in [1.54, 1.807) is 60.7 Å². The lowest BCUT2D eigenvalue weighted by Crippen LogP contribution is -2.37. The van der Waals surface area contributed by atoms with Gasteiger partial charge in [0.25, 0.3) is 5.91 Å². The molecule has 0 aliphatic rings. The van der Waals surface area contributed by atoms with Crippen LogP contribution in [0.5, 0.6) is 0 Å². The molecule has 0 saturated carbocycles. The van der Waals surface area contributed by atoms with Gasteiger partial charge in [0.15, 0.2) is 0 Å². The summed E-state index contributed by atoms with van der Waals surface area (Å²) in [5, 5.41) is 4.52. The summed E-state index contributed by atoms with van der Waals surface area (Å²) >= 11 is 0. The van der Waals surface area contributed by atoms with Crippen molar-refractivity contribution in [3.05, 3.63) is 71.8 Å². The number of halogens is 3. The first-order valence-electron chi connectivity index (χ1n) is 7.59. The number of carbonyl (C=O) groups excluding carboxylic acids is 2. The molecule has 2 N–H and O–H groups in total. The van der Waals surface area contributed by atoms with Gasteiger partial charge in [-0.3, -0.25) is 9.59 Å². The molecule has 132 valence electrons. The van der Waals surface area contributed by atoms with Crippen molar-refractivity contribution in [1.29, 1.82) is 0 Å². The zero-order valence-corrected chi connectivity index (χ0v) is 13.2. The van der Waals surface area contributed by atoms with Gasteiger partial charge in [-0.1, -0.05) is 48.5 Å². The van der Waals surface area contributed by atoms with Gasteiger partial charge in [-0.15, -0.1) is 0 Å². The molecule has 2 amide bonds. The molecule has 2 aromatic carbocycles. The Bertz CT molecular complexity index is 703. The molecule has 0 saturated heterocycles. The Labute approximate surface area is 143 Å². The molecule has 1 atom stereocenters. The molecule has 0 radical (unpaired) electrons. The van der Waals surface area contributed by atoms with Crippen LogP contribution >= 0.6 is 0 Å². The molecule has 0 aliphatic carbocycles. The highest BCUT2D eigenvalue weighted by molar-refractivity contribution is 5.94. The van der Waals surface area contributed by atoms with E-state index in [9.17, 15) is 22.8 Å². The molecule has 0 heterocycles. The predicted octanol–water partition coefficient (Wildman–Crippen LogP) is 3.23. The Morgan fingerprint density at radius 3 is 2.04 bits per heavy atom. The molecule has 7 heteroatoms. The van der Waals surface area contributed by atoms with Gasteiger partial charge in [0.05, 0.1) is 12.5 Å². The van der Waals surface area contributed by atoms with Gasteiger partial charge in [0.2, 0.25) is 5.91 Å². The van der Waals surface area contributed by atoms with Crippen LogP contribution in [0.15, 0.2) is 60.7 Å². The standard InChI is InChI=1S/C18H17F3N2O2/c19-18(20,21)12-22-16(24)11-15(13-7-3-1-4-8-13)23-17(25)14-9-5-2-6-10-14/h1-10,15H,11-12H2,(H,22,24)(H,23,25)/t15-/m0/s1. The van der Waals surface area contributed by atoms with E-state index in [0.717, 1.165) is 0 Å². The van der Waals surface area contributed by atoms with Crippen LogP contribution in [0.2, 0.25) is 0 Å². The van der Waals surface area contributed by atoms with E-state index < -0.39 is 30.6 Å². The summed E-state index contributed by atoms with van der Waals surface area (Å²) in [6.07, 6.45) is -4.77. The van der Waals surface area contributed by atoms with Crippen molar-refractivity contribution in [2.45, 2.75) is 18.6 Å². The lowest BCUT2D eigenvalue weighted by atomic mass is 10.0. The maximum atomic E-state index is 12.3. The minimum atomic E-state index is -4.48. The summed E-state index contributed by atoms with van der Waals surface area (Å²) in [5.41, 5.74) is 1.04. The molecule has 0 aromatic heterocycles. The third kappa shape index (κ3) is 6.29. The SMILES string of the molecule is O=C(C[C@H](NC(=O)c1ccccc1)c1ccccc1)NCC(F)(F)F. The number of amides is 2. The van der Waals surface area contributed by atoms with Crippen molar-refractivity contribution >= 4 is 11.8 Å². The fourth-order valence-electron chi connectivity index (χ4n) is 2.23. The first-order chi connectivity index (χ1) is 11.8. The van der Waals surface area contributed by atoms with E-state index >= 15 is 0 Å². The zero-order chi connectivity index (χ0) is 18.3. The molecule has 0 aliphatic heterocycles. The number of benzene rings is 2. The van der Waals surface area contributed by atoms with Gasteiger partial charge in [-0.2, -0.15) is 13.2 Å². The quantitative estimate of drug-likeness (QED) is 0.840. The third-order valence-electron chi connectivity index (χ3n) is 3.42. The van der Waals surface area contributed by atoms with E-state index in [1.165, 1.54) is 0 Å². The number of hydrogen-bond donors (Lipinski definition) is 2. The molecule has 0 unspecified atom stereocenters. The zero-order valence-electron chi connectivity index (χ0n) is 13.2. The van der Waals surface area contributed by atoms with Gasteiger partial charge in [-0.05, 0) is 17.7 Å². The summed E-state index contributed by atoms with van der Waals surface area (Å²) in [6, 6.07) is 16.3. The number of carbonyl (C=O) groups is 2. The lowest BCUT2D eigenvalue weighted by molar-refractivity contribution is -0.138. The number of rotatable bonds is 6. The molecule has 4 nitrogen and oxygen atoms in total. The van der Waals surface area contributed by atoms with Crippen LogP contribution in [0, 0.1) is 0 Å². The number of nitrogens with one attached hydrogen (secondary N) is 2. The van der Waals surface area contributed by atoms with Gasteiger partial charge in [0, 0.05) is 5.56 Å². The van der Waals surface area contributed by atoms with Crippen LogP contribution in [0.3, 0.4) is 0 Å². The smallest absolute Gasteiger partial charge is 0.347 e.